The van der Waals surface area contributed by atoms with Crippen molar-refractivity contribution in [2.75, 3.05) is 29.9 Å². The van der Waals surface area contributed by atoms with Gasteiger partial charge in [-0.2, -0.15) is 16.1 Å². The zero-order valence-electron chi connectivity index (χ0n) is 15.5. The van der Waals surface area contributed by atoms with Crippen LogP contribution in [0.3, 0.4) is 0 Å². The number of fused-ring (bicyclic) bond motifs is 1. The third-order valence-electron chi connectivity index (χ3n) is 4.99. The topological polar surface area (TPSA) is 79.4 Å². The van der Waals surface area contributed by atoms with Gasteiger partial charge in [0.25, 0.3) is 5.91 Å². The van der Waals surface area contributed by atoms with Crippen LogP contribution in [0.4, 0.5) is 5.13 Å². The molecule has 152 valence electrons. The highest BCUT2D eigenvalue weighted by Crippen LogP contribution is 2.31. The number of nitrogens with zero attached hydrogens (tertiary/aromatic N) is 2. The summed E-state index contributed by atoms with van der Waals surface area (Å²) in [5.41, 5.74) is 1.09. The van der Waals surface area contributed by atoms with E-state index in [2.05, 4.69) is 10.3 Å². The number of aromatic nitrogens is 1. The molecule has 1 amide bonds. The van der Waals surface area contributed by atoms with Crippen molar-refractivity contribution in [3.63, 3.8) is 0 Å². The van der Waals surface area contributed by atoms with E-state index in [-0.39, 0.29) is 15.7 Å². The van der Waals surface area contributed by atoms with E-state index in [1.165, 1.54) is 39.4 Å². The second-order valence-corrected chi connectivity index (χ2v) is 12.0. The molecule has 0 unspecified atom stereocenters. The molecule has 3 heterocycles. The number of carbonyl (C=O) groups is 1. The summed E-state index contributed by atoms with van der Waals surface area (Å²) in [6.45, 7) is 0.978. The van der Waals surface area contributed by atoms with Gasteiger partial charge < -0.3 is 0 Å². The Kier molecular flexibility index (Phi) is 6.41. The van der Waals surface area contributed by atoms with Crippen molar-refractivity contribution in [3.05, 3.63) is 26.9 Å². The maximum absolute atomic E-state index is 13.0. The minimum Gasteiger partial charge on any atom is -0.297 e. The van der Waals surface area contributed by atoms with Gasteiger partial charge in [-0.1, -0.05) is 12.8 Å². The molecular weight excluding hydrogens is 434 g/mol. The van der Waals surface area contributed by atoms with E-state index < -0.39 is 10.0 Å². The van der Waals surface area contributed by atoms with Crippen LogP contribution in [0, 0.1) is 0 Å². The van der Waals surface area contributed by atoms with Crippen LogP contribution in [0.1, 0.15) is 45.9 Å². The first kappa shape index (κ1) is 20.3. The van der Waals surface area contributed by atoms with Crippen molar-refractivity contribution < 1.29 is 13.2 Å². The molecule has 2 aromatic heterocycles. The van der Waals surface area contributed by atoms with Gasteiger partial charge >= 0.3 is 0 Å². The molecule has 6 nitrogen and oxygen atoms in total. The lowest BCUT2D eigenvalue weighted by molar-refractivity contribution is 0.102. The van der Waals surface area contributed by atoms with Crippen LogP contribution in [-0.2, 0) is 22.9 Å². The average molecular weight is 458 g/mol. The lowest BCUT2D eigenvalue weighted by Crippen LogP contribution is -2.38. The maximum atomic E-state index is 13.0. The minimum atomic E-state index is -3.65. The summed E-state index contributed by atoms with van der Waals surface area (Å²) in [4.78, 5) is 19.1. The Balaban J connectivity index is 1.54. The molecule has 1 N–H and O–H groups in total. The van der Waals surface area contributed by atoms with Crippen LogP contribution in [-0.4, -0.2) is 48.2 Å². The number of hydrogen-bond acceptors (Lipinski definition) is 7. The number of thiophene rings is 1. The zero-order valence-corrected chi connectivity index (χ0v) is 18.7. The molecule has 10 heteroatoms. The molecule has 1 fully saturated rings. The Morgan fingerprint density at radius 1 is 1.11 bits per heavy atom. The van der Waals surface area contributed by atoms with Gasteiger partial charge in [-0.15, -0.1) is 22.7 Å². The summed E-state index contributed by atoms with van der Waals surface area (Å²) < 4.78 is 27.5. The Bertz CT molecular complexity index is 920. The van der Waals surface area contributed by atoms with E-state index in [1.807, 2.05) is 0 Å². The zero-order chi connectivity index (χ0) is 19.6. The van der Waals surface area contributed by atoms with E-state index in [9.17, 15) is 13.2 Å². The summed E-state index contributed by atoms with van der Waals surface area (Å²) in [7, 11) is -3.65. The number of amides is 1. The van der Waals surface area contributed by atoms with Crippen LogP contribution in [0.25, 0.3) is 0 Å². The predicted octanol–water partition coefficient (Wildman–Crippen LogP) is 3.85. The quantitative estimate of drug-likeness (QED) is 0.754. The van der Waals surface area contributed by atoms with Crippen molar-refractivity contribution in [1.29, 1.82) is 0 Å². The second-order valence-electron chi connectivity index (χ2n) is 6.89. The molecular formula is C18H23N3O3S4. The number of anilines is 1. The molecule has 28 heavy (non-hydrogen) atoms. The van der Waals surface area contributed by atoms with Crippen LogP contribution < -0.4 is 5.32 Å². The van der Waals surface area contributed by atoms with Gasteiger partial charge in [-0.25, -0.2) is 13.4 Å². The van der Waals surface area contributed by atoms with Gasteiger partial charge in [0.05, 0.1) is 5.69 Å². The summed E-state index contributed by atoms with van der Waals surface area (Å²) in [5.74, 6) is 1.19. The number of hydrogen-bond donors (Lipinski definition) is 1. The number of nitrogens with one attached hydrogen (secondary N) is 1. The minimum absolute atomic E-state index is 0.108. The van der Waals surface area contributed by atoms with Crippen LogP contribution >= 0.6 is 34.4 Å². The van der Waals surface area contributed by atoms with Gasteiger partial charge in [0, 0.05) is 29.5 Å². The van der Waals surface area contributed by atoms with Gasteiger partial charge in [0.15, 0.2) is 5.13 Å². The Morgan fingerprint density at radius 3 is 2.64 bits per heavy atom. The third kappa shape index (κ3) is 4.30. The molecule has 1 saturated heterocycles. The SMILES string of the molecule is O=C(Nc1nc2c(s1)CCCCCC2)c1sccc1S(=O)(=O)N1CCSCC1. The van der Waals surface area contributed by atoms with Gasteiger partial charge in [0.2, 0.25) is 10.0 Å². The maximum Gasteiger partial charge on any atom is 0.268 e. The van der Waals surface area contributed by atoms with Crippen molar-refractivity contribution in [2.24, 2.45) is 0 Å². The molecule has 0 saturated carbocycles. The Morgan fingerprint density at radius 2 is 1.86 bits per heavy atom. The molecule has 0 aromatic carbocycles. The number of thioether (sulfide) groups is 1. The lowest BCUT2D eigenvalue weighted by atomic mass is 10.0. The van der Waals surface area contributed by atoms with Crippen LogP contribution in [0.5, 0.6) is 0 Å². The van der Waals surface area contributed by atoms with Gasteiger partial charge in [-0.3, -0.25) is 10.1 Å². The molecule has 1 aliphatic heterocycles. The van der Waals surface area contributed by atoms with Crippen molar-refractivity contribution >= 4 is 55.5 Å². The highest BCUT2D eigenvalue weighted by molar-refractivity contribution is 7.99. The van der Waals surface area contributed by atoms with E-state index in [0.29, 0.717) is 18.2 Å². The van der Waals surface area contributed by atoms with Crippen molar-refractivity contribution in [3.8, 4) is 0 Å². The van der Waals surface area contributed by atoms with Crippen molar-refractivity contribution in [1.82, 2.24) is 9.29 Å². The molecule has 0 radical (unpaired) electrons. The molecule has 2 aliphatic rings. The molecule has 2 aromatic rings. The summed E-state index contributed by atoms with van der Waals surface area (Å²) in [5, 5.41) is 5.09. The summed E-state index contributed by atoms with van der Waals surface area (Å²) in [6, 6.07) is 1.54. The van der Waals surface area contributed by atoms with Gasteiger partial charge in [0.1, 0.15) is 9.77 Å². The first-order chi connectivity index (χ1) is 13.6. The molecule has 0 spiro atoms. The first-order valence-electron chi connectivity index (χ1n) is 9.51. The number of aryl methyl sites for hydroxylation is 2. The second kappa shape index (κ2) is 8.83. The largest absolute Gasteiger partial charge is 0.297 e. The van der Waals surface area contributed by atoms with E-state index in [1.54, 1.807) is 17.1 Å². The van der Waals surface area contributed by atoms with E-state index in [4.69, 9.17) is 0 Å². The summed E-state index contributed by atoms with van der Waals surface area (Å²) >= 11 is 4.44. The number of rotatable bonds is 4. The third-order valence-corrected chi connectivity index (χ3v) is 9.99. The van der Waals surface area contributed by atoms with E-state index in [0.717, 1.165) is 54.2 Å². The van der Waals surface area contributed by atoms with Crippen molar-refractivity contribution in [2.45, 2.75) is 43.4 Å². The fourth-order valence-electron chi connectivity index (χ4n) is 3.51. The molecule has 0 atom stereocenters. The Labute approximate surface area is 177 Å². The summed E-state index contributed by atoms with van der Waals surface area (Å²) in [6.07, 6.45) is 6.71. The highest BCUT2D eigenvalue weighted by Gasteiger charge is 2.31. The normalized spacial score (nSPS) is 18.9. The molecule has 1 aliphatic carbocycles. The Hall–Kier alpha value is -0.940. The van der Waals surface area contributed by atoms with Gasteiger partial charge in [-0.05, 0) is 37.1 Å². The van der Waals surface area contributed by atoms with Crippen LogP contribution in [0.15, 0.2) is 16.3 Å². The number of thiazole rings is 1. The first-order valence-corrected chi connectivity index (χ1v) is 13.8. The molecule has 0 bridgehead atoms. The smallest absolute Gasteiger partial charge is 0.268 e. The van der Waals surface area contributed by atoms with E-state index >= 15 is 0 Å². The average Bonchev–Trinajstić information content (AvgIpc) is 3.30. The lowest BCUT2D eigenvalue weighted by Gasteiger charge is -2.25. The highest BCUT2D eigenvalue weighted by atomic mass is 32.2. The monoisotopic (exact) mass is 457 g/mol. The fraction of sp³-hybridized carbons (Fsp3) is 0.556. The predicted molar refractivity (Wildman–Crippen MR) is 116 cm³/mol. The number of carbonyl (C=O) groups excluding carboxylic acids is 1. The standard InChI is InChI=1S/C18H23N3O3S4/c22-17(20-18-19-13-5-3-1-2-4-6-14(13)27-18)16-15(7-10-26-16)28(23,24)21-8-11-25-12-9-21/h7,10H,1-6,8-9,11-12H2,(H,19,20,22). The molecule has 4 rings (SSSR count). The van der Waals surface area contributed by atoms with Crippen LogP contribution in [0.2, 0.25) is 0 Å². The fourth-order valence-corrected chi connectivity index (χ4v) is 8.42. The number of sulfonamides is 1.